The van der Waals surface area contributed by atoms with Gasteiger partial charge >= 0.3 is 0 Å². The summed E-state index contributed by atoms with van der Waals surface area (Å²) in [7, 11) is -3.84. The molecule has 6 rings (SSSR count). The van der Waals surface area contributed by atoms with Gasteiger partial charge in [0.05, 0.1) is 36.7 Å². The molecule has 0 amide bonds. The summed E-state index contributed by atoms with van der Waals surface area (Å²) in [5.74, 6) is 0. The maximum atomic E-state index is 13.2. The molecule has 2 aliphatic heterocycles. The maximum Gasteiger partial charge on any atom is 0.243 e. The average molecular weight is 465 g/mol. The summed E-state index contributed by atoms with van der Waals surface area (Å²) in [5, 5.41) is 9.21. The van der Waals surface area contributed by atoms with E-state index in [4.69, 9.17) is 9.47 Å². The Kier molecular flexibility index (Phi) is 4.91. The van der Waals surface area contributed by atoms with E-state index in [1.807, 2.05) is 30.3 Å². The second-order valence-corrected chi connectivity index (χ2v) is 9.70. The molecule has 2 fully saturated rings. The average Bonchev–Trinajstić information content (AvgIpc) is 3.57. The number of ether oxygens (including phenoxy) is 2. The van der Waals surface area contributed by atoms with Crippen LogP contribution in [0.4, 0.5) is 0 Å². The highest BCUT2D eigenvalue weighted by Gasteiger charge is 2.50. The Labute approximate surface area is 189 Å². The molecule has 1 N–H and O–H groups in total. The van der Waals surface area contributed by atoms with Crippen LogP contribution < -0.4 is 4.72 Å². The summed E-state index contributed by atoms with van der Waals surface area (Å²) >= 11 is 0. The normalized spacial score (nSPS) is 24.8. The SMILES string of the molecule is O=S(=O)(N[C@H]1CO[C@H]2[C@@H]1OC[C@@H]2n1cc(-c2ccccn2)nn1)c1cccc2cccnc12. The number of benzene rings is 1. The van der Waals surface area contributed by atoms with Crippen molar-refractivity contribution in [1.29, 1.82) is 0 Å². The quantitative estimate of drug-likeness (QED) is 0.473. The van der Waals surface area contributed by atoms with Gasteiger partial charge in [-0.2, -0.15) is 0 Å². The topological polar surface area (TPSA) is 121 Å². The molecule has 5 heterocycles. The first-order valence-corrected chi connectivity index (χ1v) is 12.0. The molecule has 33 heavy (non-hydrogen) atoms. The Morgan fingerprint density at radius 2 is 1.76 bits per heavy atom. The fraction of sp³-hybridized carbons (Fsp3) is 0.273. The predicted molar refractivity (Wildman–Crippen MR) is 118 cm³/mol. The van der Waals surface area contributed by atoms with Crippen molar-refractivity contribution in [2.75, 3.05) is 13.2 Å². The lowest BCUT2D eigenvalue weighted by molar-refractivity contribution is 0.0624. The van der Waals surface area contributed by atoms with Crippen molar-refractivity contribution in [3.8, 4) is 11.4 Å². The van der Waals surface area contributed by atoms with Gasteiger partial charge in [0.1, 0.15) is 28.8 Å². The van der Waals surface area contributed by atoms with Gasteiger partial charge in [0, 0.05) is 17.8 Å². The third kappa shape index (κ3) is 3.59. The molecule has 0 radical (unpaired) electrons. The minimum atomic E-state index is -3.84. The number of fused-ring (bicyclic) bond motifs is 2. The maximum absolute atomic E-state index is 13.2. The lowest BCUT2D eigenvalue weighted by atomic mass is 10.1. The lowest BCUT2D eigenvalue weighted by Gasteiger charge is -2.18. The Morgan fingerprint density at radius 3 is 2.64 bits per heavy atom. The van der Waals surface area contributed by atoms with Crippen molar-refractivity contribution in [1.82, 2.24) is 29.7 Å². The summed E-state index contributed by atoms with van der Waals surface area (Å²) in [6.45, 7) is 0.541. The van der Waals surface area contributed by atoms with Gasteiger partial charge < -0.3 is 9.47 Å². The Hall–Kier alpha value is -3.25. The molecule has 2 saturated heterocycles. The molecule has 0 saturated carbocycles. The Morgan fingerprint density at radius 1 is 0.909 bits per heavy atom. The van der Waals surface area contributed by atoms with Crippen LogP contribution in [0, 0.1) is 0 Å². The molecule has 0 spiro atoms. The van der Waals surface area contributed by atoms with Crippen LogP contribution in [0.1, 0.15) is 6.04 Å². The molecule has 0 bridgehead atoms. The molecule has 2 aliphatic rings. The Bertz CT molecular complexity index is 1410. The van der Waals surface area contributed by atoms with E-state index in [1.54, 1.807) is 41.5 Å². The summed E-state index contributed by atoms with van der Waals surface area (Å²) < 4.78 is 42.8. The standard InChI is InChI=1S/C22H20N6O4S/c29-33(30,19-8-3-5-14-6-4-10-24-20(14)19)26-17-12-31-22-18(13-32-21(17)22)28-11-16(25-27-28)15-7-1-2-9-23-15/h1-11,17-18,21-22,26H,12-13H2/t17-,18-,21+,22+/m0/s1. The largest absolute Gasteiger partial charge is 0.371 e. The molecule has 1 aromatic carbocycles. The first kappa shape index (κ1) is 20.4. The van der Waals surface area contributed by atoms with Gasteiger partial charge in [-0.3, -0.25) is 9.97 Å². The number of sulfonamides is 1. The summed E-state index contributed by atoms with van der Waals surface area (Å²) in [6, 6.07) is 13.5. The highest BCUT2D eigenvalue weighted by molar-refractivity contribution is 7.89. The van der Waals surface area contributed by atoms with Crippen LogP contribution >= 0.6 is 0 Å². The van der Waals surface area contributed by atoms with E-state index in [1.165, 1.54) is 0 Å². The van der Waals surface area contributed by atoms with Crippen molar-refractivity contribution >= 4 is 20.9 Å². The summed E-state index contributed by atoms with van der Waals surface area (Å²) in [6.07, 6.45) is 4.31. The van der Waals surface area contributed by atoms with Crippen molar-refractivity contribution in [2.45, 2.75) is 29.2 Å². The zero-order valence-electron chi connectivity index (χ0n) is 17.4. The van der Waals surface area contributed by atoms with Gasteiger partial charge in [-0.05, 0) is 24.3 Å². The first-order chi connectivity index (χ1) is 16.1. The molecule has 10 nitrogen and oxygen atoms in total. The van der Waals surface area contributed by atoms with Crippen LogP contribution in [0.2, 0.25) is 0 Å². The molecular formula is C22H20N6O4S. The highest BCUT2D eigenvalue weighted by atomic mass is 32.2. The number of hydrogen-bond donors (Lipinski definition) is 1. The van der Waals surface area contributed by atoms with Crippen LogP contribution in [-0.2, 0) is 19.5 Å². The van der Waals surface area contributed by atoms with E-state index in [0.717, 1.165) is 11.1 Å². The fourth-order valence-electron chi connectivity index (χ4n) is 4.43. The van der Waals surface area contributed by atoms with Crippen LogP contribution in [0.3, 0.4) is 0 Å². The predicted octanol–water partition coefficient (Wildman–Crippen LogP) is 1.57. The zero-order chi connectivity index (χ0) is 22.4. The van der Waals surface area contributed by atoms with E-state index in [-0.39, 0.29) is 23.6 Å². The summed E-state index contributed by atoms with van der Waals surface area (Å²) in [4.78, 5) is 8.69. The summed E-state index contributed by atoms with van der Waals surface area (Å²) in [5.41, 5.74) is 1.80. The molecule has 168 valence electrons. The smallest absolute Gasteiger partial charge is 0.243 e. The molecule has 0 unspecified atom stereocenters. The number of nitrogens with one attached hydrogen (secondary N) is 1. The molecule has 4 atom stereocenters. The van der Waals surface area contributed by atoms with Crippen molar-refractivity contribution in [3.05, 3.63) is 67.1 Å². The molecule has 4 aromatic rings. The van der Waals surface area contributed by atoms with Gasteiger partial charge in [-0.15, -0.1) is 5.10 Å². The first-order valence-electron chi connectivity index (χ1n) is 10.5. The van der Waals surface area contributed by atoms with Crippen molar-refractivity contribution in [3.63, 3.8) is 0 Å². The third-order valence-electron chi connectivity index (χ3n) is 6.00. The molecule has 3 aromatic heterocycles. The van der Waals surface area contributed by atoms with Crippen LogP contribution in [0.15, 0.2) is 72.0 Å². The number of hydrogen-bond acceptors (Lipinski definition) is 8. The van der Waals surface area contributed by atoms with Crippen molar-refractivity contribution < 1.29 is 17.9 Å². The van der Waals surface area contributed by atoms with Gasteiger partial charge in [-0.1, -0.05) is 29.5 Å². The number of pyridine rings is 2. The number of aromatic nitrogens is 5. The van der Waals surface area contributed by atoms with E-state index in [0.29, 0.717) is 17.8 Å². The minimum absolute atomic E-state index is 0.134. The van der Waals surface area contributed by atoms with Gasteiger partial charge in [0.2, 0.25) is 10.0 Å². The van der Waals surface area contributed by atoms with E-state index in [2.05, 4.69) is 25.0 Å². The van der Waals surface area contributed by atoms with Gasteiger partial charge in [0.25, 0.3) is 0 Å². The monoisotopic (exact) mass is 464 g/mol. The van der Waals surface area contributed by atoms with Crippen LogP contribution in [0.5, 0.6) is 0 Å². The van der Waals surface area contributed by atoms with Crippen LogP contribution in [0.25, 0.3) is 22.3 Å². The van der Waals surface area contributed by atoms with Crippen molar-refractivity contribution in [2.24, 2.45) is 0 Å². The Balaban J connectivity index is 1.22. The number of rotatable bonds is 5. The zero-order valence-corrected chi connectivity index (χ0v) is 18.2. The molecule has 11 heteroatoms. The van der Waals surface area contributed by atoms with Gasteiger partial charge in [0.15, 0.2) is 0 Å². The van der Waals surface area contributed by atoms with Crippen LogP contribution in [-0.4, -0.2) is 64.8 Å². The second-order valence-electron chi connectivity index (χ2n) is 8.02. The number of para-hydroxylation sites is 1. The van der Waals surface area contributed by atoms with Gasteiger partial charge in [-0.25, -0.2) is 17.8 Å². The second kappa shape index (κ2) is 7.96. The van der Waals surface area contributed by atoms with E-state index < -0.39 is 22.2 Å². The fourth-order valence-corrected chi connectivity index (χ4v) is 5.84. The third-order valence-corrected chi connectivity index (χ3v) is 7.52. The van der Waals surface area contributed by atoms with E-state index in [9.17, 15) is 8.42 Å². The number of nitrogens with zero attached hydrogens (tertiary/aromatic N) is 5. The lowest BCUT2D eigenvalue weighted by Crippen LogP contribution is -2.44. The highest BCUT2D eigenvalue weighted by Crippen LogP contribution is 2.35. The minimum Gasteiger partial charge on any atom is -0.371 e. The molecule has 0 aliphatic carbocycles. The molecular weight excluding hydrogens is 444 g/mol. The van der Waals surface area contributed by atoms with E-state index >= 15 is 0 Å².